The predicted molar refractivity (Wildman–Crippen MR) is 78.8 cm³/mol. The molecule has 1 aromatic heterocycles. The van der Waals surface area contributed by atoms with Gasteiger partial charge in [0.1, 0.15) is 0 Å². The molecule has 0 aliphatic carbocycles. The highest BCUT2D eigenvalue weighted by Crippen LogP contribution is 2.19. The topological polar surface area (TPSA) is 55.1 Å². The number of rotatable bonds is 3. The van der Waals surface area contributed by atoms with Gasteiger partial charge >= 0.3 is 0 Å². The lowest BCUT2D eigenvalue weighted by molar-refractivity contribution is 0.0950. The molecule has 0 aliphatic heterocycles. The van der Waals surface area contributed by atoms with Gasteiger partial charge < -0.3 is 11.1 Å². The quantitative estimate of drug-likeness (QED) is 0.851. The molecule has 0 aliphatic rings. The summed E-state index contributed by atoms with van der Waals surface area (Å²) in [6, 6.07) is 7.30. The van der Waals surface area contributed by atoms with Crippen molar-refractivity contribution in [1.82, 2.24) is 5.32 Å². The highest BCUT2D eigenvalue weighted by molar-refractivity contribution is 9.10. The van der Waals surface area contributed by atoms with Crippen LogP contribution in [-0.4, -0.2) is 5.91 Å². The van der Waals surface area contributed by atoms with Crippen LogP contribution in [0.3, 0.4) is 0 Å². The summed E-state index contributed by atoms with van der Waals surface area (Å²) in [5.74, 6) is -0.0722. The Kier molecular flexibility index (Phi) is 4.04. The molecule has 1 aromatic carbocycles. The minimum absolute atomic E-state index is 0.0722. The summed E-state index contributed by atoms with van der Waals surface area (Å²) in [6.45, 7) is 2.42. The molecule has 1 amide bonds. The normalized spacial score (nSPS) is 10.3. The van der Waals surface area contributed by atoms with Crippen molar-refractivity contribution in [2.45, 2.75) is 13.5 Å². The second kappa shape index (κ2) is 5.54. The van der Waals surface area contributed by atoms with Gasteiger partial charge in [0.25, 0.3) is 5.91 Å². The van der Waals surface area contributed by atoms with Crippen molar-refractivity contribution < 1.29 is 4.79 Å². The number of nitrogens with one attached hydrogen (secondary N) is 1. The monoisotopic (exact) mass is 324 g/mol. The average Bonchev–Trinajstić information content (AvgIpc) is 2.72. The molecule has 0 bridgehead atoms. The Morgan fingerprint density at radius 1 is 1.44 bits per heavy atom. The predicted octanol–water partition coefficient (Wildman–Crippen LogP) is 3.33. The van der Waals surface area contributed by atoms with Gasteiger partial charge in [0.2, 0.25) is 0 Å². The van der Waals surface area contributed by atoms with E-state index in [0.29, 0.717) is 17.8 Å². The molecule has 2 rings (SSSR count). The molecule has 0 unspecified atom stereocenters. The second-order valence-electron chi connectivity index (χ2n) is 3.99. The van der Waals surface area contributed by atoms with Crippen LogP contribution >= 0.6 is 27.3 Å². The van der Waals surface area contributed by atoms with Crippen LogP contribution in [0.4, 0.5) is 5.69 Å². The van der Waals surface area contributed by atoms with E-state index in [1.807, 2.05) is 18.4 Å². The standard InChI is InChI=1S/C13H13BrN2OS/c1-8-4-10(15)2-3-12(8)13(17)16-6-11-5-9(14)7-18-11/h2-5,7H,6,15H2,1H3,(H,16,17). The van der Waals surface area contributed by atoms with Gasteiger partial charge in [-0.15, -0.1) is 11.3 Å². The third-order valence-corrected chi connectivity index (χ3v) is 4.24. The summed E-state index contributed by atoms with van der Waals surface area (Å²) in [5, 5.41) is 4.89. The van der Waals surface area contributed by atoms with Crippen molar-refractivity contribution >= 4 is 38.9 Å². The Labute approximate surface area is 118 Å². The lowest BCUT2D eigenvalue weighted by atomic mass is 10.1. The first-order valence-electron chi connectivity index (χ1n) is 5.43. The van der Waals surface area contributed by atoms with Crippen molar-refractivity contribution in [1.29, 1.82) is 0 Å². The Balaban J connectivity index is 2.03. The molecule has 2 aromatic rings. The zero-order valence-electron chi connectivity index (χ0n) is 9.87. The molecule has 0 saturated heterocycles. The van der Waals surface area contributed by atoms with E-state index < -0.39 is 0 Å². The zero-order valence-corrected chi connectivity index (χ0v) is 12.3. The SMILES string of the molecule is Cc1cc(N)ccc1C(=O)NCc1cc(Br)cs1. The highest BCUT2D eigenvalue weighted by Gasteiger charge is 2.09. The minimum Gasteiger partial charge on any atom is -0.399 e. The molecule has 0 saturated carbocycles. The van der Waals surface area contributed by atoms with E-state index in [0.717, 1.165) is 14.9 Å². The molecular formula is C13H13BrN2OS. The summed E-state index contributed by atoms with van der Waals surface area (Å²) in [6.07, 6.45) is 0. The third-order valence-electron chi connectivity index (χ3n) is 2.54. The maximum Gasteiger partial charge on any atom is 0.251 e. The van der Waals surface area contributed by atoms with E-state index in [2.05, 4.69) is 21.2 Å². The molecule has 3 nitrogen and oxygen atoms in total. The molecule has 0 spiro atoms. The fourth-order valence-electron chi connectivity index (χ4n) is 1.65. The van der Waals surface area contributed by atoms with Crippen LogP contribution in [0.5, 0.6) is 0 Å². The molecule has 3 N–H and O–H groups in total. The lowest BCUT2D eigenvalue weighted by Crippen LogP contribution is -2.23. The van der Waals surface area contributed by atoms with Crippen molar-refractivity contribution in [3.05, 3.63) is 50.1 Å². The summed E-state index contributed by atoms with van der Waals surface area (Å²) < 4.78 is 1.04. The van der Waals surface area contributed by atoms with Crippen molar-refractivity contribution in [2.24, 2.45) is 0 Å². The smallest absolute Gasteiger partial charge is 0.251 e. The fraction of sp³-hybridized carbons (Fsp3) is 0.154. The number of hydrogen-bond donors (Lipinski definition) is 2. The molecule has 5 heteroatoms. The van der Waals surface area contributed by atoms with Gasteiger partial charge in [0, 0.05) is 26.0 Å². The van der Waals surface area contributed by atoms with Crippen molar-refractivity contribution in [3.63, 3.8) is 0 Å². The van der Waals surface area contributed by atoms with Gasteiger partial charge in [-0.1, -0.05) is 0 Å². The van der Waals surface area contributed by atoms with Gasteiger partial charge in [-0.25, -0.2) is 0 Å². The zero-order chi connectivity index (χ0) is 13.1. The first kappa shape index (κ1) is 13.1. The van der Waals surface area contributed by atoms with Crippen molar-refractivity contribution in [3.8, 4) is 0 Å². The average molecular weight is 325 g/mol. The molecular weight excluding hydrogens is 312 g/mol. The van der Waals surface area contributed by atoms with Crippen molar-refractivity contribution in [2.75, 3.05) is 5.73 Å². The molecule has 0 atom stereocenters. The van der Waals surface area contributed by atoms with Crippen LogP contribution in [0.25, 0.3) is 0 Å². The van der Waals surface area contributed by atoms with Gasteiger partial charge in [-0.05, 0) is 52.7 Å². The van der Waals surface area contributed by atoms with Crippen LogP contribution in [0.1, 0.15) is 20.8 Å². The summed E-state index contributed by atoms with van der Waals surface area (Å²) in [4.78, 5) is 13.1. The van der Waals surface area contributed by atoms with Crippen LogP contribution in [-0.2, 0) is 6.54 Å². The first-order chi connectivity index (χ1) is 8.56. The number of amides is 1. The fourth-order valence-corrected chi connectivity index (χ4v) is 3.04. The molecule has 18 heavy (non-hydrogen) atoms. The van der Waals surface area contributed by atoms with Crippen LogP contribution < -0.4 is 11.1 Å². The second-order valence-corrected chi connectivity index (χ2v) is 5.90. The number of benzene rings is 1. The van der Waals surface area contributed by atoms with Crippen LogP contribution in [0.15, 0.2) is 34.1 Å². The number of thiophene rings is 1. The van der Waals surface area contributed by atoms with Gasteiger partial charge in [0.15, 0.2) is 0 Å². The first-order valence-corrected chi connectivity index (χ1v) is 7.11. The lowest BCUT2D eigenvalue weighted by Gasteiger charge is -2.07. The van der Waals surface area contributed by atoms with E-state index in [1.54, 1.807) is 29.5 Å². The van der Waals surface area contributed by atoms with Crippen LogP contribution in [0, 0.1) is 6.92 Å². The van der Waals surface area contributed by atoms with E-state index in [4.69, 9.17) is 5.73 Å². The Morgan fingerprint density at radius 3 is 2.83 bits per heavy atom. The molecule has 0 radical (unpaired) electrons. The van der Waals surface area contributed by atoms with Gasteiger partial charge in [-0.3, -0.25) is 4.79 Å². The number of aryl methyl sites for hydroxylation is 1. The minimum atomic E-state index is -0.0722. The Bertz CT molecular complexity index is 580. The Morgan fingerprint density at radius 2 is 2.22 bits per heavy atom. The maximum absolute atomic E-state index is 12.0. The Hall–Kier alpha value is -1.33. The molecule has 1 heterocycles. The van der Waals surface area contributed by atoms with E-state index in [9.17, 15) is 4.79 Å². The summed E-state index contributed by atoms with van der Waals surface area (Å²) >= 11 is 5.00. The number of anilines is 1. The van der Waals surface area contributed by atoms with Gasteiger partial charge in [-0.2, -0.15) is 0 Å². The largest absolute Gasteiger partial charge is 0.399 e. The number of nitrogen functional groups attached to an aromatic ring is 1. The van der Waals surface area contributed by atoms with Crippen LogP contribution in [0.2, 0.25) is 0 Å². The summed E-state index contributed by atoms with van der Waals surface area (Å²) in [7, 11) is 0. The van der Waals surface area contributed by atoms with E-state index in [1.165, 1.54) is 0 Å². The maximum atomic E-state index is 12.0. The summed E-state index contributed by atoms with van der Waals surface area (Å²) in [5.41, 5.74) is 7.89. The third kappa shape index (κ3) is 3.11. The number of nitrogens with two attached hydrogens (primary N) is 1. The van der Waals surface area contributed by atoms with E-state index >= 15 is 0 Å². The molecule has 0 fully saturated rings. The van der Waals surface area contributed by atoms with E-state index in [-0.39, 0.29) is 5.91 Å². The molecule has 94 valence electrons. The number of carbonyl (C=O) groups is 1. The number of hydrogen-bond acceptors (Lipinski definition) is 3. The number of carbonyl (C=O) groups excluding carboxylic acids is 1. The van der Waals surface area contributed by atoms with Gasteiger partial charge in [0.05, 0.1) is 6.54 Å². The number of halogens is 1. The highest BCUT2D eigenvalue weighted by atomic mass is 79.9.